The first-order valence-electron chi connectivity index (χ1n) is 5.18. The van der Waals surface area contributed by atoms with Gasteiger partial charge in [-0.2, -0.15) is 0 Å². The van der Waals surface area contributed by atoms with Crippen LogP contribution in [0.1, 0.15) is 26.2 Å². The second-order valence-corrected chi connectivity index (χ2v) is 4.86. The minimum atomic E-state index is 0.678. The lowest BCUT2D eigenvalue weighted by Gasteiger charge is -2.09. The minimum absolute atomic E-state index is 0.678. The highest BCUT2D eigenvalue weighted by Crippen LogP contribution is 2.33. The van der Waals surface area contributed by atoms with Crippen LogP contribution in [0.4, 0.5) is 0 Å². The smallest absolute Gasteiger partial charge is 0.255 e. The van der Waals surface area contributed by atoms with Crippen molar-refractivity contribution in [3.05, 3.63) is 12.5 Å². The van der Waals surface area contributed by atoms with Crippen molar-refractivity contribution < 1.29 is 4.42 Å². The standard InChI is InChI=1S/C10H16N2OS/c1-2-11-8-3-4-9(7-8)14-10-12-5-6-13-10/h5-6,8-9,11H,2-4,7H2,1H3. The van der Waals surface area contributed by atoms with Gasteiger partial charge >= 0.3 is 0 Å². The Kier molecular flexibility index (Phi) is 3.48. The van der Waals surface area contributed by atoms with E-state index in [2.05, 4.69) is 17.2 Å². The van der Waals surface area contributed by atoms with Gasteiger partial charge in [0, 0.05) is 11.3 Å². The molecule has 1 aliphatic rings. The van der Waals surface area contributed by atoms with E-state index < -0.39 is 0 Å². The lowest BCUT2D eigenvalue weighted by atomic mass is 10.2. The number of thioether (sulfide) groups is 1. The molecule has 0 radical (unpaired) electrons. The molecule has 78 valence electrons. The van der Waals surface area contributed by atoms with E-state index in [4.69, 9.17) is 4.42 Å². The largest absolute Gasteiger partial charge is 0.440 e. The Morgan fingerprint density at radius 3 is 3.29 bits per heavy atom. The van der Waals surface area contributed by atoms with Crippen molar-refractivity contribution in [3.63, 3.8) is 0 Å². The molecule has 1 fully saturated rings. The molecule has 14 heavy (non-hydrogen) atoms. The molecule has 1 aromatic heterocycles. The third-order valence-corrected chi connectivity index (χ3v) is 3.72. The molecule has 0 aromatic carbocycles. The second kappa shape index (κ2) is 4.84. The van der Waals surface area contributed by atoms with Gasteiger partial charge < -0.3 is 9.73 Å². The monoisotopic (exact) mass is 212 g/mol. The summed E-state index contributed by atoms with van der Waals surface area (Å²) in [6.07, 6.45) is 7.13. The fourth-order valence-electron chi connectivity index (χ4n) is 1.93. The van der Waals surface area contributed by atoms with E-state index in [-0.39, 0.29) is 0 Å². The van der Waals surface area contributed by atoms with Crippen molar-refractivity contribution in [1.82, 2.24) is 10.3 Å². The van der Waals surface area contributed by atoms with Crippen molar-refractivity contribution in [2.45, 2.75) is 42.7 Å². The molecule has 0 saturated heterocycles. The zero-order valence-corrected chi connectivity index (χ0v) is 9.22. The Bertz CT molecular complexity index is 263. The highest BCUT2D eigenvalue weighted by atomic mass is 32.2. The highest BCUT2D eigenvalue weighted by molar-refractivity contribution is 7.99. The summed E-state index contributed by atoms with van der Waals surface area (Å²) in [5.41, 5.74) is 0. The normalized spacial score (nSPS) is 26.9. The van der Waals surface area contributed by atoms with Crippen LogP contribution in [0.2, 0.25) is 0 Å². The molecule has 2 rings (SSSR count). The average molecular weight is 212 g/mol. The summed E-state index contributed by atoms with van der Waals surface area (Å²) in [6.45, 7) is 3.23. The van der Waals surface area contributed by atoms with E-state index in [0.29, 0.717) is 11.3 Å². The van der Waals surface area contributed by atoms with Crippen LogP contribution in [0.25, 0.3) is 0 Å². The molecule has 1 saturated carbocycles. The van der Waals surface area contributed by atoms with Crippen LogP contribution in [0, 0.1) is 0 Å². The van der Waals surface area contributed by atoms with Gasteiger partial charge in [0.15, 0.2) is 0 Å². The van der Waals surface area contributed by atoms with E-state index in [9.17, 15) is 0 Å². The summed E-state index contributed by atoms with van der Waals surface area (Å²) in [5.74, 6) is 0. The van der Waals surface area contributed by atoms with Crippen LogP contribution in [0.3, 0.4) is 0 Å². The summed E-state index contributed by atoms with van der Waals surface area (Å²) in [5, 5.41) is 4.98. The molecule has 3 nitrogen and oxygen atoms in total. The Balaban J connectivity index is 1.79. The van der Waals surface area contributed by atoms with Gasteiger partial charge in [0.1, 0.15) is 6.26 Å². The summed E-state index contributed by atoms with van der Waals surface area (Å²) < 4.78 is 5.22. The van der Waals surface area contributed by atoms with Crippen molar-refractivity contribution in [3.8, 4) is 0 Å². The van der Waals surface area contributed by atoms with E-state index in [1.807, 2.05) is 0 Å². The molecule has 1 N–H and O–H groups in total. The quantitative estimate of drug-likeness (QED) is 0.831. The topological polar surface area (TPSA) is 38.1 Å². The molecule has 0 bridgehead atoms. The first kappa shape index (κ1) is 10.1. The summed E-state index contributed by atoms with van der Waals surface area (Å²) >= 11 is 1.77. The minimum Gasteiger partial charge on any atom is -0.440 e. The summed E-state index contributed by atoms with van der Waals surface area (Å²) in [6, 6.07) is 0.701. The van der Waals surface area contributed by atoms with Gasteiger partial charge in [-0.15, -0.1) is 0 Å². The average Bonchev–Trinajstić information content (AvgIpc) is 2.79. The van der Waals surface area contributed by atoms with Crippen molar-refractivity contribution in [2.75, 3.05) is 6.54 Å². The van der Waals surface area contributed by atoms with E-state index in [1.165, 1.54) is 19.3 Å². The Labute approximate surface area is 88.7 Å². The van der Waals surface area contributed by atoms with Gasteiger partial charge in [-0.25, -0.2) is 4.98 Å². The van der Waals surface area contributed by atoms with Crippen molar-refractivity contribution in [1.29, 1.82) is 0 Å². The number of oxazole rings is 1. The molecule has 1 heterocycles. The molecular weight excluding hydrogens is 196 g/mol. The molecular formula is C10H16N2OS. The zero-order chi connectivity index (χ0) is 9.80. The van der Waals surface area contributed by atoms with Crippen LogP contribution in [0.5, 0.6) is 0 Å². The van der Waals surface area contributed by atoms with E-state index in [0.717, 1.165) is 11.8 Å². The maximum Gasteiger partial charge on any atom is 0.255 e. The van der Waals surface area contributed by atoms with E-state index in [1.54, 1.807) is 24.2 Å². The van der Waals surface area contributed by atoms with Gasteiger partial charge in [-0.3, -0.25) is 0 Å². The number of hydrogen-bond donors (Lipinski definition) is 1. The lowest BCUT2D eigenvalue weighted by molar-refractivity contribution is 0.452. The van der Waals surface area contributed by atoms with Crippen LogP contribution < -0.4 is 5.32 Å². The van der Waals surface area contributed by atoms with Crippen LogP contribution in [-0.4, -0.2) is 22.8 Å². The number of nitrogens with one attached hydrogen (secondary N) is 1. The first-order valence-corrected chi connectivity index (χ1v) is 6.06. The van der Waals surface area contributed by atoms with Gasteiger partial charge in [0.25, 0.3) is 5.22 Å². The maximum absolute atomic E-state index is 5.22. The number of nitrogens with zero attached hydrogens (tertiary/aromatic N) is 1. The number of rotatable bonds is 4. The SMILES string of the molecule is CCNC1CCC(Sc2ncco2)C1. The van der Waals surface area contributed by atoms with Gasteiger partial charge in [0.2, 0.25) is 0 Å². The number of hydrogen-bond acceptors (Lipinski definition) is 4. The molecule has 1 aliphatic carbocycles. The lowest BCUT2D eigenvalue weighted by Crippen LogP contribution is -2.26. The predicted molar refractivity (Wildman–Crippen MR) is 57.5 cm³/mol. The third kappa shape index (κ3) is 2.51. The van der Waals surface area contributed by atoms with Crippen molar-refractivity contribution in [2.24, 2.45) is 0 Å². The molecule has 4 heteroatoms. The molecule has 2 unspecified atom stereocenters. The Morgan fingerprint density at radius 2 is 2.57 bits per heavy atom. The zero-order valence-electron chi connectivity index (χ0n) is 8.40. The summed E-state index contributed by atoms with van der Waals surface area (Å²) in [4.78, 5) is 4.13. The van der Waals surface area contributed by atoms with Crippen molar-refractivity contribution >= 4 is 11.8 Å². The molecule has 0 spiro atoms. The molecule has 0 amide bonds. The van der Waals surface area contributed by atoms with Gasteiger partial charge in [-0.1, -0.05) is 18.7 Å². The highest BCUT2D eigenvalue weighted by Gasteiger charge is 2.25. The Morgan fingerprint density at radius 1 is 1.64 bits per heavy atom. The third-order valence-electron chi connectivity index (χ3n) is 2.55. The fourth-order valence-corrected chi connectivity index (χ4v) is 3.03. The molecule has 1 aromatic rings. The first-order chi connectivity index (χ1) is 6.88. The number of aromatic nitrogens is 1. The van der Waals surface area contributed by atoms with Gasteiger partial charge in [0.05, 0.1) is 6.20 Å². The second-order valence-electron chi connectivity index (χ2n) is 3.61. The molecule has 2 atom stereocenters. The van der Waals surface area contributed by atoms with Crippen LogP contribution in [0.15, 0.2) is 22.1 Å². The summed E-state index contributed by atoms with van der Waals surface area (Å²) in [7, 11) is 0. The molecule has 0 aliphatic heterocycles. The fraction of sp³-hybridized carbons (Fsp3) is 0.700. The predicted octanol–water partition coefficient (Wildman–Crippen LogP) is 2.30. The van der Waals surface area contributed by atoms with Crippen LogP contribution in [-0.2, 0) is 0 Å². The maximum atomic E-state index is 5.22. The Hall–Kier alpha value is -0.480. The van der Waals surface area contributed by atoms with Crippen LogP contribution >= 0.6 is 11.8 Å². The van der Waals surface area contributed by atoms with Gasteiger partial charge in [-0.05, 0) is 25.8 Å². The van der Waals surface area contributed by atoms with E-state index >= 15 is 0 Å².